The van der Waals surface area contributed by atoms with Crippen LogP contribution in [0.15, 0.2) is 54.1 Å². The van der Waals surface area contributed by atoms with Crippen LogP contribution in [0.1, 0.15) is 30.9 Å². The molecule has 0 atom stereocenters. The number of carbonyl (C=O) groups is 2. The van der Waals surface area contributed by atoms with Gasteiger partial charge in [0, 0.05) is 6.08 Å². The number of nitrogens with zero attached hydrogens (tertiary/aromatic N) is 1. The summed E-state index contributed by atoms with van der Waals surface area (Å²) in [4.78, 5) is 23.4. The van der Waals surface area contributed by atoms with Gasteiger partial charge in [0.15, 0.2) is 11.5 Å². The smallest absolute Gasteiger partial charge is 0.336 e. The van der Waals surface area contributed by atoms with E-state index in [1.165, 1.54) is 31.4 Å². The molecular formula is C24H24N2O5. The molecule has 2 aromatic carbocycles. The number of primary amides is 1. The zero-order chi connectivity index (χ0) is 22.6. The fourth-order valence-electron chi connectivity index (χ4n) is 2.50. The van der Waals surface area contributed by atoms with Gasteiger partial charge < -0.3 is 19.9 Å². The van der Waals surface area contributed by atoms with Crippen LogP contribution in [0.25, 0.3) is 12.2 Å². The minimum atomic E-state index is -0.831. The van der Waals surface area contributed by atoms with Crippen molar-refractivity contribution in [3.8, 4) is 23.3 Å². The Hall–Kier alpha value is -4.05. The van der Waals surface area contributed by atoms with Gasteiger partial charge >= 0.3 is 5.97 Å². The van der Waals surface area contributed by atoms with Gasteiger partial charge in [-0.2, -0.15) is 5.26 Å². The van der Waals surface area contributed by atoms with Crippen molar-refractivity contribution in [2.24, 2.45) is 5.73 Å². The molecule has 160 valence electrons. The van der Waals surface area contributed by atoms with Gasteiger partial charge in [0.2, 0.25) is 0 Å². The Balaban J connectivity index is 2.04. The Labute approximate surface area is 181 Å². The van der Waals surface area contributed by atoms with Gasteiger partial charge in [-0.25, -0.2) is 4.79 Å². The molecule has 2 aromatic rings. The van der Waals surface area contributed by atoms with Gasteiger partial charge in [0.05, 0.1) is 13.7 Å². The van der Waals surface area contributed by atoms with E-state index >= 15 is 0 Å². The van der Waals surface area contributed by atoms with Crippen molar-refractivity contribution in [2.45, 2.75) is 19.8 Å². The van der Waals surface area contributed by atoms with Crippen molar-refractivity contribution in [1.29, 1.82) is 5.26 Å². The first-order valence-electron chi connectivity index (χ1n) is 9.69. The first-order chi connectivity index (χ1) is 15.0. The lowest BCUT2D eigenvalue weighted by atomic mass is 10.1. The largest absolute Gasteiger partial charge is 0.494 e. The molecule has 0 fully saturated rings. The number of nitriles is 1. The molecule has 1 amide bonds. The molecule has 0 aliphatic heterocycles. The number of amides is 1. The van der Waals surface area contributed by atoms with Crippen LogP contribution in [0.3, 0.4) is 0 Å². The third kappa shape index (κ3) is 7.37. The topological polar surface area (TPSA) is 112 Å². The average Bonchev–Trinajstić information content (AvgIpc) is 2.77. The van der Waals surface area contributed by atoms with Gasteiger partial charge in [-0.15, -0.1) is 0 Å². The highest BCUT2D eigenvalue weighted by Gasteiger charge is 2.10. The van der Waals surface area contributed by atoms with Crippen molar-refractivity contribution < 1.29 is 23.8 Å². The van der Waals surface area contributed by atoms with E-state index in [-0.39, 0.29) is 17.1 Å². The van der Waals surface area contributed by atoms with Crippen molar-refractivity contribution >= 4 is 24.0 Å². The molecule has 0 spiro atoms. The summed E-state index contributed by atoms with van der Waals surface area (Å²) in [5.74, 6) is -0.164. The molecule has 0 radical (unpaired) electrons. The Bertz CT molecular complexity index is 1020. The third-order valence-electron chi connectivity index (χ3n) is 4.15. The standard InChI is InChI=1S/C24H24N2O5/c1-3-4-13-30-20-9-5-17(6-10-20)8-12-23(27)31-21-11-7-18(15-22(21)29-2)14-19(16-25)24(26)28/h5-12,14-15H,3-4,13H2,1-2H3,(H2,26,28). The minimum absolute atomic E-state index is 0.198. The summed E-state index contributed by atoms with van der Waals surface area (Å²) in [7, 11) is 1.42. The predicted molar refractivity (Wildman–Crippen MR) is 117 cm³/mol. The van der Waals surface area contributed by atoms with E-state index in [1.807, 2.05) is 24.3 Å². The first-order valence-corrected chi connectivity index (χ1v) is 9.69. The Morgan fingerprint density at radius 3 is 2.42 bits per heavy atom. The Morgan fingerprint density at radius 2 is 1.81 bits per heavy atom. The molecule has 2 N–H and O–H groups in total. The van der Waals surface area contributed by atoms with E-state index < -0.39 is 11.9 Å². The van der Waals surface area contributed by atoms with Crippen molar-refractivity contribution in [3.63, 3.8) is 0 Å². The highest BCUT2D eigenvalue weighted by Crippen LogP contribution is 2.29. The molecule has 0 bridgehead atoms. The lowest BCUT2D eigenvalue weighted by Crippen LogP contribution is -2.12. The summed E-state index contributed by atoms with van der Waals surface area (Å²) in [6, 6.07) is 13.7. The number of unbranched alkanes of at least 4 members (excludes halogenated alkanes) is 1. The lowest BCUT2D eigenvalue weighted by Gasteiger charge is -2.09. The van der Waals surface area contributed by atoms with Gasteiger partial charge in [-0.1, -0.05) is 31.5 Å². The fraction of sp³-hybridized carbons (Fsp3) is 0.208. The van der Waals surface area contributed by atoms with E-state index in [0.717, 1.165) is 24.2 Å². The van der Waals surface area contributed by atoms with Gasteiger partial charge in [-0.05, 0) is 54.0 Å². The number of benzene rings is 2. The highest BCUT2D eigenvalue weighted by molar-refractivity contribution is 6.00. The molecule has 0 saturated heterocycles. The summed E-state index contributed by atoms with van der Waals surface area (Å²) in [6.45, 7) is 2.78. The summed E-state index contributed by atoms with van der Waals surface area (Å²) >= 11 is 0. The van der Waals surface area contributed by atoms with Crippen molar-refractivity contribution in [1.82, 2.24) is 0 Å². The maximum Gasteiger partial charge on any atom is 0.336 e. The zero-order valence-electron chi connectivity index (χ0n) is 17.5. The van der Waals surface area contributed by atoms with E-state index in [2.05, 4.69) is 6.92 Å². The van der Waals surface area contributed by atoms with Crippen molar-refractivity contribution in [2.75, 3.05) is 13.7 Å². The van der Waals surface area contributed by atoms with Gasteiger partial charge in [0.25, 0.3) is 5.91 Å². The van der Waals surface area contributed by atoms with E-state index in [9.17, 15) is 9.59 Å². The monoisotopic (exact) mass is 420 g/mol. The van der Waals surface area contributed by atoms with Gasteiger partial charge in [-0.3, -0.25) is 4.79 Å². The molecule has 0 aromatic heterocycles. The molecular weight excluding hydrogens is 396 g/mol. The SMILES string of the molecule is CCCCOc1ccc(C=CC(=O)Oc2ccc(C=C(C#N)C(N)=O)cc2OC)cc1. The van der Waals surface area contributed by atoms with Crippen LogP contribution in [0, 0.1) is 11.3 Å². The second-order valence-corrected chi connectivity index (χ2v) is 6.47. The minimum Gasteiger partial charge on any atom is -0.494 e. The molecule has 7 heteroatoms. The summed E-state index contributed by atoms with van der Waals surface area (Å²) in [5.41, 5.74) is 6.26. The number of carbonyl (C=O) groups excluding carboxylic acids is 2. The molecule has 7 nitrogen and oxygen atoms in total. The van der Waals surface area contributed by atoms with Crippen LogP contribution in [0.5, 0.6) is 17.2 Å². The Morgan fingerprint density at radius 1 is 1.10 bits per heavy atom. The number of esters is 1. The molecule has 0 unspecified atom stereocenters. The summed E-state index contributed by atoms with van der Waals surface area (Å²) in [5, 5.41) is 8.94. The molecule has 31 heavy (non-hydrogen) atoms. The quantitative estimate of drug-likeness (QED) is 0.205. The maximum atomic E-state index is 12.2. The van der Waals surface area contributed by atoms with Crippen LogP contribution in [-0.4, -0.2) is 25.6 Å². The number of methoxy groups -OCH3 is 1. The highest BCUT2D eigenvalue weighted by atomic mass is 16.6. The molecule has 0 heterocycles. The van der Waals surface area contributed by atoms with E-state index in [1.54, 1.807) is 18.2 Å². The zero-order valence-corrected chi connectivity index (χ0v) is 17.5. The number of nitrogens with two attached hydrogens (primary N) is 1. The normalized spacial score (nSPS) is 11.1. The number of hydrogen-bond acceptors (Lipinski definition) is 6. The summed E-state index contributed by atoms with van der Waals surface area (Å²) in [6.07, 6.45) is 6.33. The lowest BCUT2D eigenvalue weighted by molar-refractivity contribution is -0.129. The van der Waals surface area contributed by atoms with Crippen molar-refractivity contribution in [3.05, 3.63) is 65.2 Å². The van der Waals surface area contributed by atoms with Gasteiger partial charge in [0.1, 0.15) is 17.4 Å². The molecule has 0 saturated carbocycles. The predicted octanol–water partition coefficient (Wildman–Crippen LogP) is 3.89. The van der Waals surface area contributed by atoms with Crippen LogP contribution < -0.4 is 19.9 Å². The third-order valence-corrected chi connectivity index (χ3v) is 4.15. The molecule has 0 aliphatic carbocycles. The number of ether oxygens (including phenoxy) is 3. The first kappa shape index (κ1) is 23.2. The second-order valence-electron chi connectivity index (χ2n) is 6.47. The number of rotatable bonds is 10. The van der Waals surface area contributed by atoms with Crippen LogP contribution in [0.2, 0.25) is 0 Å². The Kier molecular flexibility index (Phi) is 8.87. The van der Waals surface area contributed by atoms with E-state index in [0.29, 0.717) is 12.2 Å². The summed E-state index contributed by atoms with van der Waals surface area (Å²) < 4.78 is 16.2. The van der Waals surface area contributed by atoms with E-state index in [4.69, 9.17) is 25.2 Å². The molecule has 0 aliphatic rings. The molecule has 2 rings (SSSR count). The van der Waals surface area contributed by atoms with Crippen LogP contribution in [-0.2, 0) is 9.59 Å². The second kappa shape index (κ2) is 11.8. The van der Waals surface area contributed by atoms with Crippen LogP contribution in [0.4, 0.5) is 0 Å². The number of hydrogen-bond donors (Lipinski definition) is 1. The maximum absolute atomic E-state index is 12.2. The fourth-order valence-corrected chi connectivity index (χ4v) is 2.50. The average molecular weight is 420 g/mol. The van der Waals surface area contributed by atoms with Crippen LogP contribution >= 0.6 is 0 Å².